The van der Waals surface area contributed by atoms with Gasteiger partial charge in [0.15, 0.2) is 0 Å². The van der Waals surface area contributed by atoms with Crippen molar-refractivity contribution >= 4 is 33.1 Å². The molecule has 0 aliphatic rings. The maximum atomic E-state index is 13.2. The maximum absolute atomic E-state index is 13.2. The van der Waals surface area contributed by atoms with Crippen LogP contribution in [0.2, 0.25) is 0 Å². The Labute approximate surface area is 177 Å². The zero-order valence-electron chi connectivity index (χ0n) is 16.3. The van der Waals surface area contributed by atoms with Crippen LogP contribution >= 0.6 is 11.3 Å². The molecule has 0 aliphatic carbocycles. The van der Waals surface area contributed by atoms with Gasteiger partial charge in [-0.1, -0.05) is 42.5 Å². The molecule has 0 saturated heterocycles. The Morgan fingerprint density at radius 2 is 1.90 bits per heavy atom. The van der Waals surface area contributed by atoms with Crippen molar-refractivity contribution in [1.29, 1.82) is 5.26 Å². The van der Waals surface area contributed by atoms with Crippen molar-refractivity contribution in [2.24, 2.45) is 0 Å². The lowest BCUT2D eigenvalue weighted by Crippen LogP contribution is -2.27. The molecule has 0 saturated carbocycles. The summed E-state index contributed by atoms with van der Waals surface area (Å²) < 4.78 is 1.33. The Bertz CT molecular complexity index is 1320. The van der Waals surface area contributed by atoms with E-state index in [4.69, 9.17) is 5.26 Å². The highest BCUT2D eigenvalue weighted by Crippen LogP contribution is 2.35. The van der Waals surface area contributed by atoms with Gasteiger partial charge in [0.25, 0.3) is 5.56 Å². The van der Waals surface area contributed by atoms with Crippen molar-refractivity contribution in [3.8, 4) is 17.2 Å². The van der Waals surface area contributed by atoms with Crippen molar-refractivity contribution < 1.29 is 4.79 Å². The van der Waals surface area contributed by atoms with E-state index in [0.29, 0.717) is 22.3 Å². The molecule has 1 amide bonds. The van der Waals surface area contributed by atoms with Crippen LogP contribution < -0.4 is 10.9 Å². The molecule has 2 heterocycles. The minimum Gasteiger partial charge on any atom is -0.325 e. The first-order chi connectivity index (χ1) is 14.6. The van der Waals surface area contributed by atoms with Gasteiger partial charge in [-0.3, -0.25) is 14.2 Å². The highest BCUT2D eigenvalue weighted by Gasteiger charge is 2.17. The number of aryl methyl sites for hydroxylation is 1. The first-order valence-electron chi connectivity index (χ1n) is 9.36. The summed E-state index contributed by atoms with van der Waals surface area (Å²) in [7, 11) is 0. The number of anilines is 1. The van der Waals surface area contributed by atoms with Crippen LogP contribution in [0.5, 0.6) is 0 Å². The lowest BCUT2D eigenvalue weighted by molar-refractivity contribution is -0.116. The second kappa shape index (κ2) is 8.31. The van der Waals surface area contributed by atoms with Crippen molar-refractivity contribution in [3.05, 3.63) is 81.7 Å². The van der Waals surface area contributed by atoms with Crippen LogP contribution in [0.4, 0.5) is 5.69 Å². The van der Waals surface area contributed by atoms with E-state index in [1.54, 1.807) is 24.3 Å². The molecule has 6 nitrogen and oxygen atoms in total. The number of fused-ring (bicyclic) bond motifs is 1. The Morgan fingerprint density at radius 1 is 1.17 bits per heavy atom. The zero-order chi connectivity index (χ0) is 21.1. The topological polar surface area (TPSA) is 87.8 Å². The molecule has 0 fully saturated rings. The SMILES string of the molecule is Cc1sc2ncn(CC(=O)Nc3ccc(CC#N)cc3)c(=O)c2c1-c1ccccc1. The number of thiophene rings is 1. The van der Waals surface area contributed by atoms with Gasteiger partial charge in [-0.15, -0.1) is 11.3 Å². The van der Waals surface area contributed by atoms with Crippen LogP contribution in [0, 0.1) is 18.3 Å². The monoisotopic (exact) mass is 414 g/mol. The van der Waals surface area contributed by atoms with Crippen molar-refractivity contribution in [2.75, 3.05) is 5.32 Å². The van der Waals surface area contributed by atoms with E-state index in [9.17, 15) is 9.59 Å². The zero-order valence-corrected chi connectivity index (χ0v) is 17.1. The molecular formula is C23H18N4O2S. The summed E-state index contributed by atoms with van der Waals surface area (Å²) in [6.45, 7) is 1.84. The Hall–Kier alpha value is -3.76. The number of nitriles is 1. The van der Waals surface area contributed by atoms with Crippen LogP contribution in [0.1, 0.15) is 10.4 Å². The molecule has 30 heavy (non-hydrogen) atoms. The maximum Gasteiger partial charge on any atom is 0.263 e. The quantitative estimate of drug-likeness (QED) is 0.532. The number of carbonyl (C=O) groups excluding carboxylic acids is 1. The number of rotatable bonds is 5. The average Bonchev–Trinajstić information content (AvgIpc) is 3.09. The predicted molar refractivity (Wildman–Crippen MR) is 118 cm³/mol. The van der Waals surface area contributed by atoms with Crippen LogP contribution in [0.3, 0.4) is 0 Å². The highest BCUT2D eigenvalue weighted by atomic mass is 32.1. The number of carbonyl (C=O) groups is 1. The summed E-state index contributed by atoms with van der Waals surface area (Å²) in [5.74, 6) is -0.320. The van der Waals surface area contributed by atoms with Gasteiger partial charge in [-0.05, 0) is 30.2 Å². The van der Waals surface area contributed by atoms with Gasteiger partial charge >= 0.3 is 0 Å². The van der Waals surface area contributed by atoms with Gasteiger partial charge in [0.1, 0.15) is 11.4 Å². The molecule has 4 aromatic rings. The number of hydrogen-bond acceptors (Lipinski definition) is 5. The van der Waals surface area contributed by atoms with E-state index in [1.807, 2.05) is 37.3 Å². The first kappa shape index (κ1) is 19.6. The molecule has 4 rings (SSSR count). The Balaban J connectivity index is 1.62. The van der Waals surface area contributed by atoms with Gasteiger partial charge in [-0.25, -0.2) is 4.98 Å². The molecule has 0 spiro atoms. The van der Waals surface area contributed by atoms with E-state index in [-0.39, 0.29) is 18.0 Å². The number of benzene rings is 2. The number of nitrogens with zero attached hydrogens (tertiary/aromatic N) is 3. The van der Waals surface area contributed by atoms with E-state index in [0.717, 1.165) is 21.6 Å². The fourth-order valence-corrected chi connectivity index (χ4v) is 4.36. The molecule has 0 unspecified atom stereocenters. The van der Waals surface area contributed by atoms with Crippen LogP contribution in [-0.4, -0.2) is 15.5 Å². The molecule has 0 bridgehead atoms. The lowest BCUT2D eigenvalue weighted by atomic mass is 10.0. The summed E-state index contributed by atoms with van der Waals surface area (Å²) in [6.07, 6.45) is 1.74. The highest BCUT2D eigenvalue weighted by molar-refractivity contribution is 7.19. The number of amides is 1. The van der Waals surface area contributed by atoms with Gasteiger partial charge in [0.05, 0.1) is 24.2 Å². The molecule has 0 radical (unpaired) electrons. The predicted octanol–water partition coefficient (Wildman–Crippen LogP) is 4.14. The summed E-state index contributed by atoms with van der Waals surface area (Å²) in [5, 5.41) is 12.1. The molecule has 0 aliphatic heterocycles. The molecule has 1 N–H and O–H groups in total. The van der Waals surface area contributed by atoms with Crippen molar-refractivity contribution in [1.82, 2.24) is 9.55 Å². The third kappa shape index (κ3) is 3.86. The standard InChI is InChI=1S/C23H18N4O2S/c1-15-20(17-5-3-2-4-6-17)21-22(30-15)25-14-27(23(21)29)13-19(28)26-18-9-7-16(8-10-18)11-12-24/h2-10,14H,11,13H2,1H3,(H,26,28). The van der Waals surface area contributed by atoms with Crippen molar-refractivity contribution in [2.45, 2.75) is 19.9 Å². The average molecular weight is 414 g/mol. The van der Waals surface area contributed by atoms with Crippen LogP contribution in [0.25, 0.3) is 21.3 Å². The third-order valence-electron chi connectivity index (χ3n) is 4.75. The smallest absolute Gasteiger partial charge is 0.263 e. The molecule has 0 atom stereocenters. The summed E-state index contributed by atoms with van der Waals surface area (Å²) in [6, 6.07) is 18.9. The van der Waals surface area contributed by atoms with Gasteiger partial charge in [-0.2, -0.15) is 5.26 Å². The summed E-state index contributed by atoms with van der Waals surface area (Å²) in [4.78, 5) is 31.7. The first-order valence-corrected chi connectivity index (χ1v) is 10.2. The van der Waals surface area contributed by atoms with E-state index >= 15 is 0 Å². The number of hydrogen-bond donors (Lipinski definition) is 1. The normalized spacial score (nSPS) is 10.7. The van der Waals surface area contributed by atoms with Gasteiger partial charge in [0, 0.05) is 16.1 Å². The number of aromatic nitrogens is 2. The van der Waals surface area contributed by atoms with E-state index < -0.39 is 0 Å². The van der Waals surface area contributed by atoms with E-state index in [1.165, 1.54) is 22.2 Å². The minimum atomic E-state index is -0.320. The minimum absolute atomic E-state index is 0.134. The van der Waals surface area contributed by atoms with Gasteiger partial charge in [0.2, 0.25) is 5.91 Å². The third-order valence-corrected chi connectivity index (χ3v) is 5.77. The van der Waals surface area contributed by atoms with Crippen molar-refractivity contribution in [3.63, 3.8) is 0 Å². The lowest BCUT2D eigenvalue weighted by Gasteiger charge is -2.08. The molecule has 148 valence electrons. The van der Waals surface area contributed by atoms with Crippen LogP contribution in [-0.2, 0) is 17.8 Å². The van der Waals surface area contributed by atoms with Crippen LogP contribution in [0.15, 0.2) is 65.7 Å². The Kier molecular flexibility index (Phi) is 5.42. The summed E-state index contributed by atoms with van der Waals surface area (Å²) >= 11 is 1.48. The van der Waals surface area contributed by atoms with Gasteiger partial charge < -0.3 is 5.32 Å². The molecular weight excluding hydrogens is 396 g/mol. The molecule has 7 heteroatoms. The fourth-order valence-electron chi connectivity index (χ4n) is 3.36. The fraction of sp³-hybridized carbons (Fsp3) is 0.130. The summed E-state index contributed by atoms with van der Waals surface area (Å²) in [5.41, 5.74) is 3.08. The largest absolute Gasteiger partial charge is 0.325 e. The van der Waals surface area contributed by atoms with E-state index in [2.05, 4.69) is 16.4 Å². The molecule has 2 aromatic carbocycles. The molecule has 2 aromatic heterocycles. The second-order valence-electron chi connectivity index (χ2n) is 6.84. The number of nitrogens with one attached hydrogen (secondary N) is 1. The Morgan fingerprint density at radius 3 is 2.60 bits per heavy atom. The second-order valence-corrected chi connectivity index (χ2v) is 8.04.